The molecule has 10 nitrogen and oxygen atoms in total. The van der Waals surface area contributed by atoms with Crippen molar-refractivity contribution in [1.82, 2.24) is 15.6 Å². The minimum absolute atomic E-state index is 0.112. The van der Waals surface area contributed by atoms with Crippen LogP contribution in [0.15, 0.2) is 48.6 Å². The number of nitro groups is 1. The number of aromatic nitrogens is 1. The van der Waals surface area contributed by atoms with Crippen LogP contribution in [0.2, 0.25) is 0 Å². The standard InChI is InChI=1S/C9H6N2O2.C4H10N2.C4H4O4/c12-11(13)9-6-5-7-3-1-2-4-8(7)10-9;1-2-6-4-3-5-1;5-3(6)1-2-4(7)8/h1-6H;5-6H,1-4H2;1-2H,(H,5,6)(H,7,8)/b;;2-1-. The molecule has 1 aromatic heterocycles. The molecule has 1 aliphatic rings. The van der Waals surface area contributed by atoms with Crippen LogP contribution in [0.4, 0.5) is 5.82 Å². The van der Waals surface area contributed by atoms with Gasteiger partial charge < -0.3 is 31.0 Å². The first-order valence-electron chi connectivity index (χ1n) is 7.95. The van der Waals surface area contributed by atoms with Gasteiger partial charge in [-0.05, 0) is 22.0 Å². The van der Waals surface area contributed by atoms with Crippen LogP contribution in [0.3, 0.4) is 0 Å². The van der Waals surface area contributed by atoms with Gasteiger partial charge in [-0.15, -0.1) is 0 Å². The highest BCUT2D eigenvalue weighted by Crippen LogP contribution is 2.15. The summed E-state index contributed by atoms with van der Waals surface area (Å²) >= 11 is 0. The van der Waals surface area contributed by atoms with Crippen LogP contribution in [0.5, 0.6) is 0 Å². The van der Waals surface area contributed by atoms with Gasteiger partial charge in [0, 0.05) is 49.8 Å². The van der Waals surface area contributed by atoms with Crippen molar-refractivity contribution in [2.45, 2.75) is 0 Å². The number of para-hydroxylation sites is 1. The van der Waals surface area contributed by atoms with Gasteiger partial charge >= 0.3 is 17.8 Å². The molecule has 0 amide bonds. The Balaban J connectivity index is 0.000000223. The number of fused-ring (bicyclic) bond motifs is 1. The highest BCUT2D eigenvalue weighted by atomic mass is 16.6. The monoisotopic (exact) mass is 376 g/mol. The predicted octanol–water partition coefficient (Wildman–Crippen LogP) is 1.03. The number of piperazine rings is 1. The number of carboxylic acid groups (broad SMARTS) is 2. The van der Waals surface area contributed by atoms with Gasteiger partial charge in [0.2, 0.25) is 0 Å². The minimum atomic E-state index is -1.26. The molecule has 1 aromatic carbocycles. The molecule has 0 aliphatic carbocycles. The molecule has 10 heteroatoms. The molecule has 27 heavy (non-hydrogen) atoms. The maximum absolute atomic E-state index is 10.4. The zero-order chi connectivity index (χ0) is 20.1. The van der Waals surface area contributed by atoms with Crippen LogP contribution in [0, 0.1) is 10.1 Å². The van der Waals surface area contributed by atoms with Gasteiger partial charge in [0.1, 0.15) is 0 Å². The Morgan fingerprint density at radius 3 is 1.93 bits per heavy atom. The molecule has 0 bridgehead atoms. The maximum Gasteiger partial charge on any atom is 0.364 e. The molecule has 0 saturated carbocycles. The third-order valence-electron chi connectivity index (χ3n) is 3.10. The largest absolute Gasteiger partial charge is 0.478 e. The number of benzene rings is 1. The number of rotatable bonds is 3. The molecule has 144 valence electrons. The molecule has 0 atom stereocenters. The fraction of sp³-hybridized carbons (Fsp3) is 0.235. The van der Waals surface area contributed by atoms with Crippen molar-refractivity contribution in [3.05, 3.63) is 58.7 Å². The van der Waals surface area contributed by atoms with Gasteiger partial charge in [0.15, 0.2) is 5.52 Å². The molecule has 0 unspecified atom stereocenters. The van der Waals surface area contributed by atoms with Gasteiger partial charge in [-0.1, -0.05) is 18.2 Å². The SMILES string of the molecule is C1CNCCN1.O=C(O)/C=C\C(=O)O.O=[N+]([O-])c1ccc2ccccc2n1. The lowest BCUT2D eigenvalue weighted by molar-refractivity contribution is -0.389. The molecule has 1 fully saturated rings. The van der Waals surface area contributed by atoms with Crippen molar-refractivity contribution < 1.29 is 24.7 Å². The molecule has 0 radical (unpaired) electrons. The van der Waals surface area contributed by atoms with Gasteiger partial charge in [0.25, 0.3) is 0 Å². The first kappa shape index (κ1) is 21.7. The van der Waals surface area contributed by atoms with Crippen LogP contribution in [0.1, 0.15) is 0 Å². The second kappa shape index (κ2) is 12.1. The zero-order valence-electron chi connectivity index (χ0n) is 14.4. The molecule has 1 saturated heterocycles. The second-order valence-corrected chi connectivity index (χ2v) is 5.13. The normalized spacial score (nSPS) is 13.0. The van der Waals surface area contributed by atoms with Gasteiger partial charge in [-0.2, -0.15) is 0 Å². The van der Waals surface area contributed by atoms with E-state index in [1.807, 2.05) is 12.1 Å². The Morgan fingerprint density at radius 1 is 0.963 bits per heavy atom. The molecular formula is C17H20N4O6. The smallest absolute Gasteiger partial charge is 0.364 e. The number of nitrogens with zero attached hydrogens (tertiary/aromatic N) is 2. The van der Waals surface area contributed by atoms with Crippen LogP contribution in [0.25, 0.3) is 10.9 Å². The van der Waals surface area contributed by atoms with E-state index in [0.717, 1.165) is 31.6 Å². The van der Waals surface area contributed by atoms with Gasteiger partial charge in [-0.25, -0.2) is 9.59 Å². The Morgan fingerprint density at radius 2 is 1.48 bits per heavy atom. The summed E-state index contributed by atoms with van der Waals surface area (Å²) in [7, 11) is 0. The lowest BCUT2D eigenvalue weighted by Crippen LogP contribution is -2.39. The van der Waals surface area contributed by atoms with E-state index in [-0.39, 0.29) is 5.82 Å². The van der Waals surface area contributed by atoms with E-state index in [1.54, 1.807) is 18.2 Å². The number of carboxylic acids is 2. The first-order valence-corrected chi connectivity index (χ1v) is 7.95. The molecule has 3 rings (SSSR count). The Kier molecular flexibility index (Phi) is 9.68. The third-order valence-corrected chi connectivity index (χ3v) is 3.10. The zero-order valence-corrected chi connectivity index (χ0v) is 14.4. The van der Waals surface area contributed by atoms with E-state index in [0.29, 0.717) is 17.7 Å². The van der Waals surface area contributed by atoms with E-state index in [9.17, 15) is 19.7 Å². The average Bonchev–Trinajstić information content (AvgIpc) is 2.68. The molecular weight excluding hydrogens is 356 g/mol. The Hall–Kier alpha value is -3.37. The lowest BCUT2D eigenvalue weighted by atomic mass is 10.2. The maximum atomic E-state index is 10.4. The summed E-state index contributed by atoms with van der Waals surface area (Å²) in [6.45, 7) is 4.56. The molecule has 2 heterocycles. The number of nitrogens with one attached hydrogen (secondary N) is 2. The summed E-state index contributed by atoms with van der Waals surface area (Å²) in [5, 5.41) is 33.4. The first-order chi connectivity index (χ1) is 12.9. The summed E-state index contributed by atoms with van der Waals surface area (Å²) in [5.74, 6) is -2.63. The van der Waals surface area contributed by atoms with E-state index in [4.69, 9.17) is 10.2 Å². The topological polar surface area (TPSA) is 155 Å². The summed E-state index contributed by atoms with van der Waals surface area (Å²) in [6.07, 6.45) is 1.12. The van der Waals surface area contributed by atoms with E-state index in [1.165, 1.54) is 6.07 Å². The van der Waals surface area contributed by atoms with Crippen LogP contribution in [-0.2, 0) is 9.59 Å². The summed E-state index contributed by atoms with van der Waals surface area (Å²) in [4.78, 5) is 32.9. The van der Waals surface area contributed by atoms with E-state index >= 15 is 0 Å². The Bertz CT molecular complexity index is 777. The minimum Gasteiger partial charge on any atom is -0.478 e. The van der Waals surface area contributed by atoms with E-state index < -0.39 is 16.9 Å². The summed E-state index contributed by atoms with van der Waals surface area (Å²) in [6, 6.07) is 10.4. The van der Waals surface area contributed by atoms with Crippen molar-refractivity contribution in [2.24, 2.45) is 0 Å². The highest BCUT2D eigenvalue weighted by molar-refractivity contribution is 5.89. The van der Waals surface area contributed by atoms with Gasteiger partial charge in [0.05, 0.1) is 0 Å². The third kappa shape index (κ3) is 9.63. The molecule has 1 aliphatic heterocycles. The van der Waals surface area contributed by atoms with Crippen molar-refractivity contribution >= 4 is 28.7 Å². The Labute approximate surface area is 154 Å². The van der Waals surface area contributed by atoms with Crippen molar-refractivity contribution in [2.75, 3.05) is 26.2 Å². The fourth-order valence-corrected chi connectivity index (χ4v) is 1.90. The van der Waals surface area contributed by atoms with Crippen molar-refractivity contribution in [3.63, 3.8) is 0 Å². The van der Waals surface area contributed by atoms with Crippen LogP contribution >= 0.6 is 0 Å². The highest BCUT2D eigenvalue weighted by Gasteiger charge is 2.07. The fourth-order valence-electron chi connectivity index (χ4n) is 1.90. The number of carbonyl (C=O) groups is 2. The number of hydrogen-bond donors (Lipinski definition) is 4. The van der Waals surface area contributed by atoms with E-state index in [2.05, 4.69) is 15.6 Å². The van der Waals surface area contributed by atoms with Crippen LogP contribution < -0.4 is 10.6 Å². The number of hydrogen-bond acceptors (Lipinski definition) is 7. The van der Waals surface area contributed by atoms with Crippen molar-refractivity contribution in [1.29, 1.82) is 0 Å². The molecule has 2 aromatic rings. The summed E-state index contributed by atoms with van der Waals surface area (Å²) in [5.41, 5.74) is 0.650. The number of aliphatic carboxylic acids is 2. The number of pyridine rings is 1. The lowest BCUT2D eigenvalue weighted by Gasteiger charge is -2.11. The van der Waals surface area contributed by atoms with Crippen LogP contribution in [-0.4, -0.2) is 58.2 Å². The van der Waals surface area contributed by atoms with Crippen molar-refractivity contribution in [3.8, 4) is 0 Å². The predicted molar refractivity (Wildman–Crippen MR) is 98.5 cm³/mol. The average molecular weight is 376 g/mol. The quantitative estimate of drug-likeness (QED) is 0.349. The molecule has 4 N–H and O–H groups in total. The molecule has 0 spiro atoms. The second-order valence-electron chi connectivity index (χ2n) is 5.13. The van der Waals surface area contributed by atoms with Gasteiger partial charge in [-0.3, -0.25) is 0 Å². The summed E-state index contributed by atoms with van der Waals surface area (Å²) < 4.78 is 0.